The molecule has 0 heterocycles. The number of hydrogen-bond acceptors (Lipinski definition) is 3. The molecule has 3 aromatic rings. The summed E-state index contributed by atoms with van der Waals surface area (Å²) < 4.78 is 6.57. The summed E-state index contributed by atoms with van der Waals surface area (Å²) >= 11 is 8.54. The molecule has 0 aromatic heterocycles. The Balaban J connectivity index is 1.56. The van der Waals surface area contributed by atoms with E-state index in [4.69, 9.17) is 17.0 Å². The zero-order valence-corrected chi connectivity index (χ0v) is 16.0. The molecule has 3 rings (SSSR count). The second-order valence-corrected chi connectivity index (χ2v) is 6.68. The smallest absolute Gasteiger partial charge is 0.257 e. The minimum atomic E-state index is -0.271. The molecule has 2 N–H and O–H groups in total. The summed E-state index contributed by atoms with van der Waals surface area (Å²) in [7, 11) is 0. The van der Waals surface area contributed by atoms with Crippen LogP contribution in [-0.2, 0) is 0 Å². The van der Waals surface area contributed by atoms with Crippen molar-refractivity contribution in [2.24, 2.45) is 0 Å². The van der Waals surface area contributed by atoms with E-state index in [9.17, 15) is 4.79 Å². The first-order valence-electron chi connectivity index (χ1n) is 7.81. The zero-order valence-electron chi connectivity index (χ0n) is 13.6. The van der Waals surface area contributed by atoms with Crippen molar-refractivity contribution in [2.75, 3.05) is 5.32 Å². The molecular weight excluding hydrogens is 412 g/mol. The summed E-state index contributed by atoms with van der Waals surface area (Å²) in [6, 6.07) is 23.9. The Morgan fingerprint density at radius 3 is 2.27 bits per heavy atom. The van der Waals surface area contributed by atoms with Crippen LogP contribution in [0.1, 0.15) is 10.4 Å². The topological polar surface area (TPSA) is 50.4 Å². The van der Waals surface area contributed by atoms with Crippen molar-refractivity contribution in [3.63, 3.8) is 0 Å². The van der Waals surface area contributed by atoms with Gasteiger partial charge in [-0.3, -0.25) is 10.1 Å². The molecule has 3 aromatic carbocycles. The molecule has 130 valence electrons. The van der Waals surface area contributed by atoms with Crippen molar-refractivity contribution in [3.05, 3.63) is 88.9 Å². The number of carbonyl (C=O) groups is 1. The molecule has 0 aliphatic carbocycles. The number of thiocarbonyl (C=S) groups is 1. The van der Waals surface area contributed by atoms with Gasteiger partial charge in [-0.1, -0.05) is 40.2 Å². The number of anilines is 1. The maximum Gasteiger partial charge on any atom is 0.257 e. The Bertz CT molecular complexity index is 915. The number of rotatable bonds is 4. The molecule has 0 radical (unpaired) electrons. The van der Waals surface area contributed by atoms with Crippen LogP contribution < -0.4 is 15.4 Å². The van der Waals surface area contributed by atoms with Gasteiger partial charge in [0.15, 0.2) is 5.11 Å². The van der Waals surface area contributed by atoms with Gasteiger partial charge in [0.05, 0.1) is 0 Å². The molecule has 0 aliphatic heterocycles. The predicted molar refractivity (Wildman–Crippen MR) is 111 cm³/mol. The minimum Gasteiger partial charge on any atom is -0.457 e. The summed E-state index contributed by atoms with van der Waals surface area (Å²) in [5.74, 6) is 1.21. The largest absolute Gasteiger partial charge is 0.457 e. The van der Waals surface area contributed by atoms with E-state index in [0.717, 1.165) is 15.9 Å². The molecule has 1 amide bonds. The molecule has 4 nitrogen and oxygen atoms in total. The summed E-state index contributed by atoms with van der Waals surface area (Å²) in [6.45, 7) is 0. The van der Waals surface area contributed by atoms with Crippen LogP contribution in [0.15, 0.2) is 83.3 Å². The van der Waals surface area contributed by atoms with Crippen molar-refractivity contribution in [3.8, 4) is 11.5 Å². The lowest BCUT2D eigenvalue weighted by Gasteiger charge is -2.11. The van der Waals surface area contributed by atoms with Crippen molar-refractivity contribution in [1.82, 2.24) is 5.32 Å². The maximum absolute atomic E-state index is 12.2. The third kappa shape index (κ3) is 5.15. The summed E-state index contributed by atoms with van der Waals surface area (Å²) in [4.78, 5) is 12.2. The zero-order chi connectivity index (χ0) is 18.4. The van der Waals surface area contributed by atoms with Crippen LogP contribution in [0.4, 0.5) is 5.69 Å². The van der Waals surface area contributed by atoms with E-state index in [1.807, 2.05) is 60.7 Å². The van der Waals surface area contributed by atoms with Gasteiger partial charge in [0.1, 0.15) is 11.5 Å². The number of para-hydroxylation sites is 1. The van der Waals surface area contributed by atoms with Crippen molar-refractivity contribution in [2.45, 2.75) is 0 Å². The van der Waals surface area contributed by atoms with E-state index in [2.05, 4.69) is 26.6 Å². The van der Waals surface area contributed by atoms with Gasteiger partial charge in [-0.2, -0.15) is 0 Å². The molecule has 0 aliphatic rings. The summed E-state index contributed by atoms with van der Waals surface area (Å²) in [6.07, 6.45) is 0. The van der Waals surface area contributed by atoms with Crippen molar-refractivity contribution in [1.29, 1.82) is 0 Å². The highest BCUT2D eigenvalue weighted by Gasteiger charge is 2.08. The standard InChI is InChI=1S/C20H15BrN2O2S/c21-15-6-4-5-14(13-15)19(24)23-20(26)22-16-9-11-18(12-10-16)25-17-7-2-1-3-8-17/h1-13H,(H2,22,23,24,26). The Morgan fingerprint density at radius 2 is 1.58 bits per heavy atom. The first-order valence-corrected chi connectivity index (χ1v) is 9.01. The fraction of sp³-hybridized carbons (Fsp3) is 0. The van der Waals surface area contributed by atoms with Gasteiger partial charge < -0.3 is 10.1 Å². The molecule has 0 bridgehead atoms. The number of hydrogen-bond donors (Lipinski definition) is 2. The maximum atomic E-state index is 12.2. The van der Waals surface area contributed by atoms with Crippen LogP contribution in [0.5, 0.6) is 11.5 Å². The Labute approximate surface area is 165 Å². The number of ether oxygens (including phenoxy) is 1. The Hall–Kier alpha value is -2.70. The number of benzene rings is 3. The normalized spacial score (nSPS) is 10.0. The van der Waals surface area contributed by atoms with Gasteiger partial charge in [-0.05, 0) is 66.8 Å². The molecule has 0 fully saturated rings. The van der Waals surface area contributed by atoms with Gasteiger partial charge in [-0.25, -0.2) is 0 Å². The van der Waals surface area contributed by atoms with Gasteiger partial charge in [0.2, 0.25) is 0 Å². The van der Waals surface area contributed by atoms with Crippen LogP contribution in [0, 0.1) is 0 Å². The quantitative estimate of drug-likeness (QED) is 0.550. The summed E-state index contributed by atoms with van der Waals surface area (Å²) in [5, 5.41) is 5.86. The molecule has 6 heteroatoms. The van der Waals surface area contributed by atoms with Crippen LogP contribution in [-0.4, -0.2) is 11.0 Å². The number of halogens is 1. The van der Waals surface area contributed by atoms with E-state index in [1.54, 1.807) is 18.2 Å². The fourth-order valence-corrected chi connectivity index (χ4v) is 2.81. The SMILES string of the molecule is O=C(NC(=S)Nc1ccc(Oc2ccccc2)cc1)c1cccc(Br)c1. The number of carbonyl (C=O) groups excluding carboxylic acids is 1. The Morgan fingerprint density at radius 1 is 0.885 bits per heavy atom. The molecule has 0 saturated carbocycles. The third-order valence-electron chi connectivity index (χ3n) is 3.40. The van der Waals surface area contributed by atoms with Gasteiger partial charge >= 0.3 is 0 Å². The monoisotopic (exact) mass is 426 g/mol. The first kappa shape index (κ1) is 18.1. The highest BCUT2D eigenvalue weighted by Crippen LogP contribution is 2.22. The van der Waals surface area contributed by atoms with E-state index in [-0.39, 0.29) is 11.0 Å². The molecule has 0 atom stereocenters. The minimum absolute atomic E-state index is 0.228. The van der Waals surface area contributed by atoms with Crippen LogP contribution in [0.3, 0.4) is 0 Å². The van der Waals surface area contributed by atoms with E-state index >= 15 is 0 Å². The molecule has 0 spiro atoms. The van der Waals surface area contributed by atoms with E-state index in [0.29, 0.717) is 11.3 Å². The van der Waals surface area contributed by atoms with E-state index < -0.39 is 0 Å². The van der Waals surface area contributed by atoms with Crippen LogP contribution in [0.2, 0.25) is 0 Å². The predicted octanol–water partition coefficient (Wildman–Crippen LogP) is 5.37. The summed E-state index contributed by atoms with van der Waals surface area (Å²) in [5.41, 5.74) is 1.28. The van der Waals surface area contributed by atoms with Gasteiger partial charge in [0.25, 0.3) is 5.91 Å². The second-order valence-electron chi connectivity index (χ2n) is 5.36. The molecule has 0 unspecified atom stereocenters. The van der Waals surface area contributed by atoms with Crippen LogP contribution >= 0.6 is 28.1 Å². The van der Waals surface area contributed by atoms with E-state index in [1.165, 1.54) is 0 Å². The van der Waals surface area contributed by atoms with Gasteiger partial charge in [0, 0.05) is 15.7 Å². The fourth-order valence-electron chi connectivity index (χ4n) is 2.20. The van der Waals surface area contributed by atoms with Gasteiger partial charge in [-0.15, -0.1) is 0 Å². The lowest BCUT2D eigenvalue weighted by molar-refractivity contribution is 0.0977. The Kier molecular flexibility index (Phi) is 5.99. The second kappa shape index (κ2) is 8.60. The molecule has 26 heavy (non-hydrogen) atoms. The van der Waals surface area contributed by atoms with Crippen LogP contribution in [0.25, 0.3) is 0 Å². The highest BCUT2D eigenvalue weighted by molar-refractivity contribution is 9.10. The lowest BCUT2D eigenvalue weighted by Crippen LogP contribution is -2.34. The molecular formula is C20H15BrN2O2S. The molecule has 0 saturated heterocycles. The first-order chi connectivity index (χ1) is 12.6. The van der Waals surface area contributed by atoms with Crippen molar-refractivity contribution >= 4 is 44.9 Å². The number of amides is 1. The highest BCUT2D eigenvalue weighted by atomic mass is 79.9. The average molecular weight is 427 g/mol. The number of nitrogens with one attached hydrogen (secondary N) is 2. The lowest BCUT2D eigenvalue weighted by atomic mass is 10.2. The third-order valence-corrected chi connectivity index (χ3v) is 4.10. The average Bonchev–Trinajstić information content (AvgIpc) is 2.64. The van der Waals surface area contributed by atoms with Crippen molar-refractivity contribution < 1.29 is 9.53 Å².